The van der Waals surface area contributed by atoms with Crippen LogP contribution in [0.3, 0.4) is 0 Å². The van der Waals surface area contributed by atoms with Crippen LogP contribution in [0.2, 0.25) is 0 Å². The van der Waals surface area contributed by atoms with Crippen LogP contribution in [0.1, 0.15) is 12.8 Å². The first-order chi connectivity index (χ1) is 8.42. The predicted octanol–water partition coefficient (Wildman–Crippen LogP) is 1.24. The molecule has 0 spiro atoms. The SMILES string of the molecule is c1cc2nc(NCCN3CCCC3)ccn2n1. The molecular formula is C12H17N5. The average Bonchev–Trinajstić information content (AvgIpc) is 2.98. The van der Waals surface area contributed by atoms with Crippen molar-refractivity contribution in [1.29, 1.82) is 0 Å². The number of nitrogens with one attached hydrogen (secondary N) is 1. The van der Waals surface area contributed by atoms with Crippen LogP contribution in [-0.4, -0.2) is 45.7 Å². The van der Waals surface area contributed by atoms with Crippen molar-refractivity contribution in [3.63, 3.8) is 0 Å². The Bertz CT molecular complexity index is 486. The van der Waals surface area contributed by atoms with Crippen LogP contribution < -0.4 is 5.32 Å². The summed E-state index contributed by atoms with van der Waals surface area (Å²) in [4.78, 5) is 6.96. The zero-order valence-corrected chi connectivity index (χ0v) is 9.84. The van der Waals surface area contributed by atoms with Crippen LogP contribution >= 0.6 is 0 Å². The zero-order chi connectivity index (χ0) is 11.5. The molecule has 0 aromatic carbocycles. The Balaban J connectivity index is 1.56. The van der Waals surface area contributed by atoms with Crippen LogP contribution in [0, 0.1) is 0 Å². The minimum Gasteiger partial charge on any atom is -0.369 e. The van der Waals surface area contributed by atoms with Crippen LogP contribution in [0.4, 0.5) is 5.82 Å². The number of hydrogen-bond donors (Lipinski definition) is 1. The fraction of sp³-hybridized carbons (Fsp3) is 0.500. The van der Waals surface area contributed by atoms with Crippen molar-refractivity contribution in [2.75, 3.05) is 31.5 Å². The molecule has 0 saturated carbocycles. The van der Waals surface area contributed by atoms with Crippen LogP contribution in [0.15, 0.2) is 24.5 Å². The fourth-order valence-corrected chi connectivity index (χ4v) is 2.26. The summed E-state index contributed by atoms with van der Waals surface area (Å²) in [6.45, 7) is 4.55. The minimum atomic E-state index is 0.885. The van der Waals surface area contributed by atoms with Gasteiger partial charge in [-0.25, -0.2) is 9.50 Å². The average molecular weight is 231 g/mol. The first kappa shape index (κ1) is 10.5. The zero-order valence-electron chi connectivity index (χ0n) is 9.84. The maximum absolute atomic E-state index is 4.47. The second-order valence-corrected chi connectivity index (χ2v) is 4.42. The summed E-state index contributed by atoms with van der Waals surface area (Å²) in [6, 6.07) is 3.87. The molecule has 90 valence electrons. The molecule has 1 fully saturated rings. The van der Waals surface area contributed by atoms with Crippen molar-refractivity contribution in [3.05, 3.63) is 24.5 Å². The summed E-state index contributed by atoms with van der Waals surface area (Å²) < 4.78 is 1.77. The highest BCUT2D eigenvalue weighted by Crippen LogP contribution is 2.08. The third-order valence-electron chi connectivity index (χ3n) is 3.19. The van der Waals surface area contributed by atoms with Gasteiger partial charge in [0.25, 0.3) is 0 Å². The van der Waals surface area contributed by atoms with Gasteiger partial charge in [-0.3, -0.25) is 0 Å². The predicted molar refractivity (Wildman–Crippen MR) is 67.2 cm³/mol. The van der Waals surface area contributed by atoms with Gasteiger partial charge in [0.1, 0.15) is 5.82 Å². The van der Waals surface area contributed by atoms with Crippen LogP contribution in [-0.2, 0) is 0 Å². The van der Waals surface area contributed by atoms with E-state index >= 15 is 0 Å². The normalized spacial score (nSPS) is 16.7. The molecule has 0 amide bonds. The Kier molecular flexibility index (Phi) is 2.92. The van der Waals surface area contributed by atoms with E-state index in [1.807, 2.05) is 18.3 Å². The number of likely N-dealkylation sites (tertiary alicyclic amines) is 1. The first-order valence-corrected chi connectivity index (χ1v) is 6.18. The van der Waals surface area contributed by atoms with Gasteiger partial charge in [0.05, 0.1) is 6.20 Å². The van der Waals surface area contributed by atoms with E-state index in [4.69, 9.17) is 0 Å². The minimum absolute atomic E-state index is 0.885. The van der Waals surface area contributed by atoms with Crippen LogP contribution in [0.5, 0.6) is 0 Å². The molecule has 0 radical (unpaired) electrons. The lowest BCUT2D eigenvalue weighted by molar-refractivity contribution is 0.352. The molecule has 0 unspecified atom stereocenters. The summed E-state index contributed by atoms with van der Waals surface area (Å²) in [5.74, 6) is 0.928. The third-order valence-corrected chi connectivity index (χ3v) is 3.19. The second kappa shape index (κ2) is 4.71. The monoisotopic (exact) mass is 231 g/mol. The number of fused-ring (bicyclic) bond motifs is 1. The largest absolute Gasteiger partial charge is 0.369 e. The molecule has 0 bridgehead atoms. The maximum Gasteiger partial charge on any atom is 0.157 e. The molecule has 1 saturated heterocycles. The van der Waals surface area contributed by atoms with Gasteiger partial charge >= 0.3 is 0 Å². The molecule has 5 nitrogen and oxygen atoms in total. The number of hydrogen-bond acceptors (Lipinski definition) is 4. The van der Waals surface area contributed by atoms with Crippen molar-refractivity contribution < 1.29 is 0 Å². The Morgan fingerprint density at radius 3 is 3.00 bits per heavy atom. The van der Waals surface area contributed by atoms with Crippen molar-refractivity contribution in [3.8, 4) is 0 Å². The van der Waals surface area contributed by atoms with E-state index in [-0.39, 0.29) is 0 Å². The first-order valence-electron chi connectivity index (χ1n) is 6.18. The Labute approximate surface area is 100 Å². The van der Waals surface area contributed by atoms with Gasteiger partial charge in [-0.1, -0.05) is 0 Å². The van der Waals surface area contributed by atoms with Gasteiger partial charge in [0.15, 0.2) is 5.65 Å². The molecule has 1 aliphatic heterocycles. The number of anilines is 1. The van der Waals surface area contributed by atoms with Gasteiger partial charge in [-0.05, 0) is 32.0 Å². The second-order valence-electron chi connectivity index (χ2n) is 4.42. The molecule has 0 atom stereocenters. The fourth-order valence-electron chi connectivity index (χ4n) is 2.26. The number of aromatic nitrogens is 3. The van der Waals surface area contributed by atoms with Crippen molar-refractivity contribution >= 4 is 11.5 Å². The van der Waals surface area contributed by atoms with E-state index in [1.54, 1.807) is 10.7 Å². The van der Waals surface area contributed by atoms with E-state index in [0.717, 1.165) is 24.6 Å². The van der Waals surface area contributed by atoms with Gasteiger partial charge in [-0.15, -0.1) is 0 Å². The maximum atomic E-state index is 4.47. The molecule has 1 aliphatic rings. The quantitative estimate of drug-likeness (QED) is 0.860. The highest BCUT2D eigenvalue weighted by Gasteiger charge is 2.10. The number of rotatable bonds is 4. The summed E-state index contributed by atoms with van der Waals surface area (Å²) in [6.07, 6.45) is 6.39. The lowest BCUT2D eigenvalue weighted by Crippen LogP contribution is -2.26. The van der Waals surface area contributed by atoms with Crippen molar-refractivity contribution in [1.82, 2.24) is 19.5 Å². The van der Waals surface area contributed by atoms with Crippen molar-refractivity contribution in [2.45, 2.75) is 12.8 Å². The van der Waals surface area contributed by atoms with E-state index < -0.39 is 0 Å². The summed E-state index contributed by atoms with van der Waals surface area (Å²) >= 11 is 0. The van der Waals surface area contributed by atoms with Gasteiger partial charge < -0.3 is 10.2 Å². The summed E-state index contributed by atoms with van der Waals surface area (Å²) in [5, 5.41) is 7.48. The van der Waals surface area contributed by atoms with Gasteiger partial charge in [-0.2, -0.15) is 5.10 Å². The Hall–Kier alpha value is -1.62. The molecule has 5 heteroatoms. The lowest BCUT2D eigenvalue weighted by atomic mass is 10.4. The highest BCUT2D eigenvalue weighted by molar-refractivity contribution is 5.45. The third kappa shape index (κ3) is 2.39. The molecule has 0 aliphatic carbocycles. The van der Waals surface area contributed by atoms with E-state index in [2.05, 4.69) is 20.3 Å². The molecule has 17 heavy (non-hydrogen) atoms. The van der Waals surface area contributed by atoms with E-state index in [9.17, 15) is 0 Å². The summed E-state index contributed by atoms with van der Waals surface area (Å²) in [7, 11) is 0. The van der Waals surface area contributed by atoms with Gasteiger partial charge in [0.2, 0.25) is 0 Å². The highest BCUT2D eigenvalue weighted by atomic mass is 15.2. The van der Waals surface area contributed by atoms with E-state index in [0.29, 0.717) is 0 Å². The molecular weight excluding hydrogens is 214 g/mol. The molecule has 3 heterocycles. The summed E-state index contributed by atoms with van der Waals surface area (Å²) in [5.41, 5.74) is 0.885. The molecule has 3 rings (SSSR count). The number of nitrogens with zero attached hydrogens (tertiary/aromatic N) is 4. The van der Waals surface area contributed by atoms with Crippen LogP contribution in [0.25, 0.3) is 5.65 Å². The Morgan fingerprint density at radius 1 is 1.24 bits per heavy atom. The van der Waals surface area contributed by atoms with Gasteiger partial charge in [0, 0.05) is 25.4 Å². The smallest absolute Gasteiger partial charge is 0.157 e. The molecule has 2 aromatic rings. The van der Waals surface area contributed by atoms with Crippen molar-refractivity contribution in [2.24, 2.45) is 0 Å². The molecule has 1 N–H and O–H groups in total. The van der Waals surface area contributed by atoms with E-state index in [1.165, 1.54) is 25.9 Å². The standard InChI is InChI=1S/C12H17N5/c1-2-8-16(7-1)10-6-13-11-4-9-17-12(15-11)3-5-14-17/h3-5,9H,1-2,6-8,10H2,(H,13,15). The lowest BCUT2D eigenvalue weighted by Gasteiger charge is -2.14. The Morgan fingerprint density at radius 2 is 2.12 bits per heavy atom. The molecule has 2 aromatic heterocycles. The topological polar surface area (TPSA) is 45.5 Å².